The molecule has 0 radical (unpaired) electrons. The Hall–Kier alpha value is -3.71. The standard InChI is InChI=1S/C22H16ClFN2O4/c23-17-6-4-16(5-7-17)22(28)30-20-3-1-2-15(12-20)13-25-26-21(27)14-29-19-10-8-18(24)9-11-19/h1-13H,14H2,(H,26,27)/b25-13-. The van der Waals surface area contributed by atoms with E-state index in [0.29, 0.717) is 27.6 Å². The molecule has 8 heteroatoms. The lowest BCUT2D eigenvalue weighted by molar-refractivity contribution is -0.123. The van der Waals surface area contributed by atoms with E-state index in [0.717, 1.165) is 0 Å². The van der Waals surface area contributed by atoms with Gasteiger partial charge < -0.3 is 9.47 Å². The SMILES string of the molecule is O=C(COc1ccc(F)cc1)N/N=C\c1cccc(OC(=O)c2ccc(Cl)cc2)c1. The molecule has 3 aromatic carbocycles. The Balaban J connectivity index is 1.50. The van der Waals surface area contributed by atoms with Crippen LogP contribution in [0.2, 0.25) is 5.02 Å². The third-order valence-electron chi connectivity index (χ3n) is 3.74. The van der Waals surface area contributed by atoms with Crippen LogP contribution in [0.3, 0.4) is 0 Å². The number of rotatable bonds is 7. The third kappa shape index (κ3) is 6.42. The van der Waals surface area contributed by atoms with Crippen molar-refractivity contribution in [1.82, 2.24) is 5.43 Å². The number of carbonyl (C=O) groups is 2. The first kappa shape index (κ1) is 21.0. The number of benzene rings is 3. The van der Waals surface area contributed by atoms with Crippen LogP contribution in [0.1, 0.15) is 15.9 Å². The Morgan fingerprint density at radius 3 is 2.47 bits per heavy atom. The molecule has 0 atom stereocenters. The monoisotopic (exact) mass is 426 g/mol. The van der Waals surface area contributed by atoms with Crippen molar-refractivity contribution < 1.29 is 23.5 Å². The van der Waals surface area contributed by atoms with Crippen molar-refractivity contribution in [2.45, 2.75) is 0 Å². The molecule has 3 rings (SSSR count). The summed E-state index contributed by atoms with van der Waals surface area (Å²) in [6.07, 6.45) is 1.40. The minimum absolute atomic E-state index is 0.276. The van der Waals surface area contributed by atoms with Crippen LogP contribution in [0, 0.1) is 5.82 Å². The number of carbonyl (C=O) groups excluding carboxylic acids is 2. The largest absolute Gasteiger partial charge is 0.484 e. The van der Waals surface area contributed by atoms with Gasteiger partial charge in [-0.1, -0.05) is 23.7 Å². The fraction of sp³-hybridized carbons (Fsp3) is 0.0455. The summed E-state index contributed by atoms with van der Waals surface area (Å²) >= 11 is 5.81. The molecule has 6 nitrogen and oxygen atoms in total. The average molecular weight is 427 g/mol. The first-order valence-electron chi connectivity index (χ1n) is 8.78. The van der Waals surface area contributed by atoms with Crippen molar-refractivity contribution >= 4 is 29.7 Å². The predicted molar refractivity (Wildman–Crippen MR) is 110 cm³/mol. The zero-order valence-electron chi connectivity index (χ0n) is 15.5. The highest BCUT2D eigenvalue weighted by atomic mass is 35.5. The Morgan fingerprint density at radius 2 is 1.73 bits per heavy atom. The molecule has 3 aromatic rings. The maximum absolute atomic E-state index is 12.8. The van der Waals surface area contributed by atoms with Crippen LogP contribution in [-0.4, -0.2) is 24.7 Å². The fourth-order valence-corrected chi connectivity index (χ4v) is 2.43. The zero-order chi connectivity index (χ0) is 21.3. The smallest absolute Gasteiger partial charge is 0.343 e. The van der Waals surface area contributed by atoms with Crippen LogP contribution >= 0.6 is 11.6 Å². The minimum atomic E-state index is -0.521. The number of hydrogen-bond donors (Lipinski definition) is 1. The highest BCUT2D eigenvalue weighted by Crippen LogP contribution is 2.16. The van der Waals surface area contributed by atoms with Crippen LogP contribution in [0.4, 0.5) is 4.39 Å². The number of ether oxygens (including phenoxy) is 2. The summed E-state index contributed by atoms with van der Waals surface area (Å²) in [6, 6.07) is 18.3. The molecule has 0 aliphatic heterocycles. The topological polar surface area (TPSA) is 77.0 Å². The molecule has 0 bridgehead atoms. The molecule has 0 fully saturated rings. The summed E-state index contributed by atoms with van der Waals surface area (Å²) in [5, 5.41) is 4.36. The van der Waals surface area contributed by atoms with Crippen molar-refractivity contribution in [3.8, 4) is 11.5 Å². The summed E-state index contributed by atoms with van der Waals surface area (Å²) < 4.78 is 23.4. The average Bonchev–Trinajstić information content (AvgIpc) is 2.74. The van der Waals surface area contributed by atoms with Crippen LogP contribution in [0.15, 0.2) is 77.9 Å². The molecule has 0 saturated carbocycles. The molecular weight excluding hydrogens is 411 g/mol. The van der Waals surface area contributed by atoms with E-state index in [1.807, 2.05) is 0 Å². The van der Waals surface area contributed by atoms with Crippen molar-refractivity contribution in [2.75, 3.05) is 6.61 Å². The van der Waals surface area contributed by atoms with Gasteiger partial charge in [-0.05, 0) is 66.2 Å². The normalized spacial score (nSPS) is 10.6. The lowest BCUT2D eigenvalue weighted by Crippen LogP contribution is -2.24. The summed E-state index contributed by atoms with van der Waals surface area (Å²) in [5.41, 5.74) is 3.29. The van der Waals surface area contributed by atoms with Gasteiger partial charge in [0.2, 0.25) is 0 Å². The van der Waals surface area contributed by atoms with E-state index in [-0.39, 0.29) is 6.61 Å². The van der Waals surface area contributed by atoms with Gasteiger partial charge in [0.25, 0.3) is 5.91 Å². The highest BCUT2D eigenvalue weighted by molar-refractivity contribution is 6.30. The maximum atomic E-state index is 12.8. The van der Waals surface area contributed by atoms with Crippen molar-refractivity contribution in [3.63, 3.8) is 0 Å². The van der Waals surface area contributed by atoms with Gasteiger partial charge in [-0.15, -0.1) is 0 Å². The van der Waals surface area contributed by atoms with Gasteiger partial charge in [-0.25, -0.2) is 14.6 Å². The number of nitrogens with zero attached hydrogens (tertiary/aromatic N) is 1. The molecule has 1 amide bonds. The second-order valence-corrected chi connectivity index (χ2v) is 6.44. The van der Waals surface area contributed by atoms with Crippen LogP contribution in [0.5, 0.6) is 11.5 Å². The minimum Gasteiger partial charge on any atom is -0.484 e. The lowest BCUT2D eigenvalue weighted by Gasteiger charge is -2.06. The molecule has 0 unspecified atom stereocenters. The van der Waals surface area contributed by atoms with Gasteiger partial charge in [-0.2, -0.15) is 5.10 Å². The Labute approximate surface area is 176 Å². The van der Waals surface area contributed by atoms with E-state index < -0.39 is 17.7 Å². The summed E-state index contributed by atoms with van der Waals surface area (Å²) in [7, 11) is 0. The Bertz CT molecular complexity index is 1050. The number of nitrogens with one attached hydrogen (secondary N) is 1. The summed E-state index contributed by atoms with van der Waals surface area (Å²) in [6.45, 7) is -0.276. The van der Waals surface area contributed by atoms with Crippen molar-refractivity contribution in [1.29, 1.82) is 0 Å². The second-order valence-electron chi connectivity index (χ2n) is 6.00. The molecule has 0 saturated heterocycles. The van der Waals surface area contributed by atoms with Gasteiger partial charge in [0.05, 0.1) is 11.8 Å². The maximum Gasteiger partial charge on any atom is 0.343 e. The van der Waals surface area contributed by atoms with E-state index in [2.05, 4.69) is 10.5 Å². The predicted octanol–water partition coefficient (Wildman–Crippen LogP) is 4.23. The van der Waals surface area contributed by atoms with E-state index in [4.69, 9.17) is 21.1 Å². The molecule has 30 heavy (non-hydrogen) atoms. The van der Waals surface area contributed by atoms with Crippen LogP contribution in [0.25, 0.3) is 0 Å². The Morgan fingerprint density at radius 1 is 1.00 bits per heavy atom. The third-order valence-corrected chi connectivity index (χ3v) is 3.99. The first-order valence-corrected chi connectivity index (χ1v) is 9.15. The summed E-state index contributed by atoms with van der Waals surface area (Å²) in [4.78, 5) is 23.9. The van der Waals surface area contributed by atoms with Gasteiger partial charge in [0, 0.05) is 5.02 Å². The Kier molecular flexibility index (Phi) is 7.13. The zero-order valence-corrected chi connectivity index (χ0v) is 16.3. The quantitative estimate of drug-likeness (QED) is 0.265. The van der Waals surface area contributed by atoms with Gasteiger partial charge in [-0.3, -0.25) is 4.79 Å². The molecule has 0 heterocycles. The molecule has 0 spiro atoms. The fourth-order valence-electron chi connectivity index (χ4n) is 2.30. The van der Waals surface area contributed by atoms with Gasteiger partial charge in [0.1, 0.15) is 17.3 Å². The van der Waals surface area contributed by atoms with E-state index in [1.54, 1.807) is 48.5 Å². The van der Waals surface area contributed by atoms with Crippen molar-refractivity contribution in [3.05, 3.63) is 94.8 Å². The number of halogens is 2. The highest BCUT2D eigenvalue weighted by Gasteiger charge is 2.08. The molecule has 1 N–H and O–H groups in total. The molecular formula is C22H16ClFN2O4. The summed E-state index contributed by atoms with van der Waals surface area (Å²) in [5.74, 6) is -0.707. The van der Waals surface area contributed by atoms with E-state index >= 15 is 0 Å². The lowest BCUT2D eigenvalue weighted by atomic mass is 10.2. The van der Waals surface area contributed by atoms with E-state index in [9.17, 15) is 14.0 Å². The molecule has 152 valence electrons. The molecule has 0 aromatic heterocycles. The number of hydrazone groups is 1. The second kappa shape index (κ2) is 10.2. The number of hydrogen-bond acceptors (Lipinski definition) is 5. The molecule has 0 aliphatic rings. The molecule has 0 aliphatic carbocycles. The van der Waals surface area contributed by atoms with Crippen molar-refractivity contribution in [2.24, 2.45) is 5.10 Å². The van der Waals surface area contributed by atoms with Crippen LogP contribution < -0.4 is 14.9 Å². The van der Waals surface area contributed by atoms with Gasteiger partial charge >= 0.3 is 5.97 Å². The van der Waals surface area contributed by atoms with Crippen LogP contribution in [-0.2, 0) is 4.79 Å². The number of esters is 1. The van der Waals surface area contributed by atoms with Gasteiger partial charge in [0.15, 0.2) is 6.61 Å². The first-order chi connectivity index (χ1) is 14.5. The number of amides is 1. The van der Waals surface area contributed by atoms with E-state index in [1.165, 1.54) is 30.5 Å².